The van der Waals surface area contributed by atoms with E-state index >= 15 is 0 Å². The first-order valence-electron chi connectivity index (χ1n) is 11.7. The van der Waals surface area contributed by atoms with Crippen molar-refractivity contribution in [3.8, 4) is 0 Å². The molecule has 4 rings (SSSR count). The molecule has 180 valence electrons. The summed E-state index contributed by atoms with van der Waals surface area (Å²) >= 11 is 11.9. The number of aliphatic hydroxyl groups is 1. The van der Waals surface area contributed by atoms with Crippen LogP contribution in [-0.2, 0) is 11.3 Å². The lowest BCUT2D eigenvalue weighted by atomic mass is 9.87. The lowest BCUT2D eigenvalue weighted by molar-refractivity contribution is -0.0905. The molecule has 0 radical (unpaired) electrons. The zero-order valence-corrected chi connectivity index (χ0v) is 20.1. The molecule has 1 aromatic heterocycles. The first kappa shape index (κ1) is 24.3. The van der Waals surface area contributed by atoms with E-state index in [0.29, 0.717) is 21.7 Å². The third-order valence-corrected chi connectivity index (χ3v) is 7.29. The maximum Gasteiger partial charge on any atom is 0.319 e. The number of anilines is 1. The predicted molar refractivity (Wildman–Crippen MR) is 128 cm³/mol. The Kier molecular flexibility index (Phi) is 8.46. The van der Waals surface area contributed by atoms with E-state index in [-0.39, 0.29) is 24.8 Å². The monoisotopic (exact) mass is 495 g/mol. The molecule has 2 heterocycles. The largest absolute Gasteiger partial charge is 0.394 e. The lowest BCUT2D eigenvalue weighted by Gasteiger charge is -2.36. The number of amides is 2. The number of aliphatic hydroxyl groups excluding tert-OH is 1. The van der Waals surface area contributed by atoms with Crippen LogP contribution < -0.4 is 10.6 Å². The van der Waals surface area contributed by atoms with Crippen molar-refractivity contribution in [1.82, 2.24) is 20.3 Å². The van der Waals surface area contributed by atoms with Crippen LogP contribution in [0.3, 0.4) is 0 Å². The number of nitrogens with one attached hydrogen (secondary N) is 2. The van der Waals surface area contributed by atoms with Crippen LogP contribution in [-0.4, -0.2) is 51.0 Å². The standard InChI is InChI=1S/C23H31Cl2N5O3/c24-18-8-6-16(12-19(18)25)26-23(32)27-20-9-7-17(33-22(20)14-31)10-11-30-13-21(28-29-30)15-4-2-1-3-5-15/h6,8,12-13,15,17,20,22,31H,1-5,7,9-11,14H2,(H2,26,27,32)/t17-,20-,22-/m0/s1. The maximum atomic E-state index is 12.4. The van der Waals surface area contributed by atoms with E-state index in [1.807, 2.05) is 4.68 Å². The lowest BCUT2D eigenvalue weighted by Crippen LogP contribution is -2.52. The zero-order chi connectivity index (χ0) is 23.2. The Morgan fingerprint density at radius 3 is 2.73 bits per heavy atom. The van der Waals surface area contributed by atoms with Gasteiger partial charge in [-0.05, 0) is 50.3 Å². The van der Waals surface area contributed by atoms with Crippen molar-refractivity contribution in [3.05, 3.63) is 40.1 Å². The maximum absolute atomic E-state index is 12.4. The van der Waals surface area contributed by atoms with Gasteiger partial charge in [-0.3, -0.25) is 4.68 Å². The number of urea groups is 1. The van der Waals surface area contributed by atoms with Gasteiger partial charge in [-0.1, -0.05) is 47.7 Å². The molecular formula is C23H31Cl2N5O3. The average molecular weight is 496 g/mol. The molecule has 33 heavy (non-hydrogen) atoms. The summed E-state index contributed by atoms with van der Waals surface area (Å²) < 4.78 is 7.99. The fourth-order valence-corrected chi connectivity index (χ4v) is 5.00. The molecule has 0 spiro atoms. The van der Waals surface area contributed by atoms with E-state index in [0.717, 1.165) is 31.5 Å². The zero-order valence-electron chi connectivity index (χ0n) is 18.6. The van der Waals surface area contributed by atoms with E-state index in [4.69, 9.17) is 27.9 Å². The number of ether oxygens (including phenoxy) is 1. The first-order valence-corrected chi connectivity index (χ1v) is 12.5. The number of benzene rings is 1. The minimum atomic E-state index is -0.461. The van der Waals surface area contributed by atoms with Gasteiger partial charge in [-0.25, -0.2) is 4.79 Å². The van der Waals surface area contributed by atoms with Crippen molar-refractivity contribution in [3.63, 3.8) is 0 Å². The summed E-state index contributed by atoms with van der Waals surface area (Å²) in [5, 5.41) is 24.9. The number of carbonyl (C=O) groups is 1. The van der Waals surface area contributed by atoms with Gasteiger partial charge >= 0.3 is 6.03 Å². The summed E-state index contributed by atoms with van der Waals surface area (Å²) in [7, 11) is 0. The number of aromatic nitrogens is 3. The van der Waals surface area contributed by atoms with E-state index in [1.54, 1.807) is 18.2 Å². The van der Waals surface area contributed by atoms with E-state index in [1.165, 1.54) is 32.1 Å². The Morgan fingerprint density at radius 1 is 1.15 bits per heavy atom. The van der Waals surface area contributed by atoms with E-state index in [2.05, 4.69) is 27.1 Å². The second kappa shape index (κ2) is 11.5. The molecular weight excluding hydrogens is 465 g/mol. The summed E-state index contributed by atoms with van der Waals surface area (Å²) in [6.07, 6.45) is 10.2. The number of nitrogens with zero attached hydrogens (tertiary/aromatic N) is 3. The molecule has 3 N–H and O–H groups in total. The van der Waals surface area contributed by atoms with Crippen molar-refractivity contribution in [2.24, 2.45) is 0 Å². The molecule has 0 unspecified atom stereocenters. The fourth-order valence-electron chi connectivity index (χ4n) is 4.70. The number of carbonyl (C=O) groups excluding carboxylic acids is 1. The van der Waals surface area contributed by atoms with E-state index in [9.17, 15) is 9.90 Å². The molecule has 2 amide bonds. The molecule has 8 nitrogen and oxygen atoms in total. The second-order valence-electron chi connectivity index (χ2n) is 8.92. The molecule has 0 bridgehead atoms. The van der Waals surface area contributed by atoms with Gasteiger partial charge in [0, 0.05) is 24.3 Å². The second-order valence-corrected chi connectivity index (χ2v) is 9.73. The smallest absolute Gasteiger partial charge is 0.319 e. The molecule has 1 aromatic carbocycles. The van der Waals surface area contributed by atoms with Crippen LogP contribution in [0.5, 0.6) is 0 Å². The van der Waals surface area contributed by atoms with Gasteiger partial charge in [0.05, 0.1) is 34.5 Å². The van der Waals surface area contributed by atoms with Crippen molar-refractivity contribution in [2.75, 3.05) is 11.9 Å². The highest BCUT2D eigenvalue weighted by atomic mass is 35.5. The number of rotatable bonds is 7. The number of hydrogen-bond donors (Lipinski definition) is 3. The van der Waals surface area contributed by atoms with Crippen LogP contribution >= 0.6 is 23.2 Å². The number of aryl methyl sites for hydroxylation is 1. The Bertz CT molecular complexity index is 935. The molecule has 2 fully saturated rings. The molecule has 1 saturated heterocycles. The minimum absolute atomic E-state index is 0.000614. The summed E-state index contributed by atoms with van der Waals surface area (Å²) in [5.41, 5.74) is 1.64. The van der Waals surface area contributed by atoms with Gasteiger partial charge in [0.25, 0.3) is 0 Å². The normalized spacial score (nSPS) is 23.9. The van der Waals surface area contributed by atoms with E-state index < -0.39 is 6.10 Å². The Morgan fingerprint density at radius 2 is 1.97 bits per heavy atom. The number of halogens is 2. The molecule has 1 saturated carbocycles. The van der Waals surface area contributed by atoms with Crippen LogP contribution in [0.15, 0.2) is 24.4 Å². The Hall–Kier alpha value is -1.87. The van der Waals surface area contributed by atoms with Gasteiger partial charge in [0.2, 0.25) is 0 Å². The van der Waals surface area contributed by atoms with Gasteiger partial charge in [0.15, 0.2) is 0 Å². The van der Waals surface area contributed by atoms with Crippen LogP contribution in [0.4, 0.5) is 10.5 Å². The highest BCUT2D eigenvalue weighted by Gasteiger charge is 2.32. The third-order valence-electron chi connectivity index (χ3n) is 6.55. The minimum Gasteiger partial charge on any atom is -0.394 e. The Balaban J connectivity index is 1.24. The van der Waals surface area contributed by atoms with Crippen molar-refractivity contribution >= 4 is 34.9 Å². The van der Waals surface area contributed by atoms with Gasteiger partial charge in [0.1, 0.15) is 6.10 Å². The summed E-state index contributed by atoms with van der Waals surface area (Å²) in [6.45, 7) is 0.557. The molecule has 3 atom stereocenters. The quantitative estimate of drug-likeness (QED) is 0.514. The molecule has 2 aliphatic rings. The van der Waals surface area contributed by atoms with Gasteiger partial charge in [-0.15, -0.1) is 5.10 Å². The Labute approximate surface area is 204 Å². The molecule has 1 aliphatic heterocycles. The highest BCUT2D eigenvalue weighted by Crippen LogP contribution is 2.31. The van der Waals surface area contributed by atoms with Gasteiger partial charge in [-0.2, -0.15) is 0 Å². The van der Waals surface area contributed by atoms with Crippen LogP contribution in [0.25, 0.3) is 0 Å². The predicted octanol–water partition coefficient (Wildman–Crippen LogP) is 4.75. The summed E-state index contributed by atoms with van der Waals surface area (Å²) in [6, 6.07) is 4.23. The van der Waals surface area contributed by atoms with Crippen molar-refractivity contribution in [1.29, 1.82) is 0 Å². The fraction of sp³-hybridized carbons (Fsp3) is 0.609. The highest BCUT2D eigenvalue weighted by molar-refractivity contribution is 6.42. The molecule has 10 heteroatoms. The molecule has 2 aromatic rings. The number of hydrogen-bond acceptors (Lipinski definition) is 5. The van der Waals surface area contributed by atoms with Gasteiger partial charge < -0.3 is 20.5 Å². The average Bonchev–Trinajstić information content (AvgIpc) is 3.30. The van der Waals surface area contributed by atoms with Crippen molar-refractivity contribution < 1.29 is 14.6 Å². The summed E-state index contributed by atoms with van der Waals surface area (Å²) in [4.78, 5) is 12.4. The molecule has 1 aliphatic carbocycles. The van der Waals surface area contributed by atoms with Crippen LogP contribution in [0.1, 0.15) is 63.0 Å². The van der Waals surface area contributed by atoms with Crippen LogP contribution in [0, 0.1) is 0 Å². The SMILES string of the molecule is O=C(Nc1ccc(Cl)c(Cl)c1)N[C@H]1CC[C@@H](CCn2cc(C3CCCCC3)nn2)O[C@H]1CO. The van der Waals surface area contributed by atoms with Crippen molar-refractivity contribution in [2.45, 2.75) is 82.1 Å². The van der Waals surface area contributed by atoms with Crippen LogP contribution in [0.2, 0.25) is 10.0 Å². The first-order chi connectivity index (χ1) is 16.0. The summed E-state index contributed by atoms with van der Waals surface area (Å²) in [5.74, 6) is 0.541. The topological polar surface area (TPSA) is 101 Å². The third kappa shape index (κ3) is 6.59.